The zero-order chi connectivity index (χ0) is 22.4. The van der Waals surface area contributed by atoms with Gasteiger partial charge in [-0.2, -0.15) is 0 Å². The Balaban J connectivity index is 1.77. The van der Waals surface area contributed by atoms with Crippen LogP contribution in [0.25, 0.3) is 0 Å². The maximum absolute atomic E-state index is 13.4. The van der Waals surface area contributed by atoms with E-state index in [0.29, 0.717) is 12.8 Å². The SMILES string of the molecule is CNCCCc1ccc(O)c2c1CC1CC3CC(O)=C(C(N)=O)C(=O)C3C(O)=C1C2=O. The van der Waals surface area contributed by atoms with Gasteiger partial charge >= 0.3 is 0 Å². The molecule has 0 saturated carbocycles. The molecular formula is C23H26N2O6. The summed E-state index contributed by atoms with van der Waals surface area (Å²) < 4.78 is 0. The number of rotatable bonds is 5. The number of aliphatic hydroxyl groups excluding tert-OH is 2. The number of amides is 1. The number of nitrogens with one attached hydrogen (secondary N) is 1. The molecule has 3 aliphatic carbocycles. The van der Waals surface area contributed by atoms with Gasteiger partial charge in [0.15, 0.2) is 11.6 Å². The van der Waals surface area contributed by atoms with Crippen molar-refractivity contribution in [1.82, 2.24) is 5.32 Å². The number of ketones is 2. The molecule has 1 aromatic carbocycles. The molecule has 0 spiro atoms. The fourth-order valence-corrected chi connectivity index (χ4v) is 5.39. The Bertz CT molecular complexity index is 1050. The monoisotopic (exact) mass is 426 g/mol. The second-order valence-corrected chi connectivity index (χ2v) is 8.56. The molecule has 3 atom stereocenters. The highest BCUT2D eigenvalue weighted by molar-refractivity contribution is 6.22. The van der Waals surface area contributed by atoms with Gasteiger partial charge < -0.3 is 26.4 Å². The highest BCUT2D eigenvalue weighted by Gasteiger charge is 2.50. The molecule has 0 heterocycles. The molecule has 1 amide bonds. The Morgan fingerprint density at radius 2 is 1.94 bits per heavy atom. The summed E-state index contributed by atoms with van der Waals surface area (Å²) in [6, 6.07) is 3.32. The summed E-state index contributed by atoms with van der Waals surface area (Å²) in [4.78, 5) is 37.8. The van der Waals surface area contributed by atoms with Crippen molar-refractivity contribution < 1.29 is 29.7 Å². The molecule has 8 heteroatoms. The Morgan fingerprint density at radius 1 is 1.19 bits per heavy atom. The van der Waals surface area contributed by atoms with Gasteiger partial charge in [0, 0.05) is 12.0 Å². The molecule has 1 aromatic rings. The van der Waals surface area contributed by atoms with Crippen LogP contribution in [0.3, 0.4) is 0 Å². The largest absolute Gasteiger partial charge is 0.511 e. The van der Waals surface area contributed by atoms with Crippen LogP contribution >= 0.6 is 0 Å². The number of aryl methyl sites for hydroxylation is 1. The average molecular weight is 426 g/mol. The predicted molar refractivity (Wildman–Crippen MR) is 112 cm³/mol. The normalized spacial score (nSPS) is 25.3. The van der Waals surface area contributed by atoms with Crippen molar-refractivity contribution >= 4 is 17.5 Å². The van der Waals surface area contributed by atoms with E-state index in [1.807, 2.05) is 13.1 Å². The molecule has 0 aromatic heterocycles. The fraction of sp³-hybridized carbons (Fsp3) is 0.435. The lowest BCUT2D eigenvalue weighted by Crippen LogP contribution is -2.43. The van der Waals surface area contributed by atoms with E-state index in [1.54, 1.807) is 0 Å². The molecule has 0 fully saturated rings. The lowest BCUT2D eigenvalue weighted by Gasteiger charge is -2.41. The maximum atomic E-state index is 13.4. The average Bonchev–Trinajstić information content (AvgIpc) is 2.68. The molecule has 0 saturated heterocycles. The highest BCUT2D eigenvalue weighted by atomic mass is 16.3. The number of allylic oxidation sites excluding steroid dienone is 3. The van der Waals surface area contributed by atoms with Gasteiger partial charge in [0.2, 0.25) is 0 Å². The number of Topliss-reactive ketones (excluding diaryl/α,β-unsaturated/α-hetero) is 2. The van der Waals surface area contributed by atoms with E-state index in [0.717, 1.165) is 30.5 Å². The van der Waals surface area contributed by atoms with Crippen molar-refractivity contribution in [2.24, 2.45) is 23.5 Å². The summed E-state index contributed by atoms with van der Waals surface area (Å²) in [7, 11) is 1.87. The molecule has 0 aliphatic heterocycles. The van der Waals surface area contributed by atoms with Gasteiger partial charge in [-0.15, -0.1) is 0 Å². The topological polar surface area (TPSA) is 150 Å². The maximum Gasteiger partial charge on any atom is 0.255 e. The van der Waals surface area contributed by atoms with Gasteiger partial charge in [0.25, 0.3) is 5.91 Å². The third kappa shape index (κ3) is 3.31. The van der Waals surface area contributed by atoms with Gasteiger partial charge in [0.05, 0.1) is 11.5 Å². The number of phenols is 1. The third-order valence-corrected chi connectivity index (χ3v) is 6.74. The summed E-state index contributed by atoms with van der Waals surface area (Å²) in [5.41, 5.74) is 6.79. The summed E-state index contributed by atoms with van der Waals surface area (Å²) in [6.07, 6.45) is 2.51. The number of carbonyl (C=O) groups excluding carboxylic acids is 3. The van der Waals surface area contributed by atoms with E-state index in [2.05, 4.69) is 5.32 Å². The second-order valence-electron chi connectivity index (χ2n) is 8.56. The standard InChI is InChI=1S/C23H26N2O6/c1-25-6-2-3-10-4-5-14(26)18-13(10)8-11-7-12-9-15(27)19(23(24)31)22(30)17(12)20(28)16(11)21(18)29/h4-5,11-12,17,25-28H,2-3,6-9H2,1H3,(H2,24,31). The van der Waals surface area contributed by atoms with Gasteiger partial charge in [-0.3, -0.25) is 14.4 Å². The number of phenolic OH excluding ortho intramolecular Hbond substituents is 1. The van der Waals surface area contributed by atoms with E-state index < -0.39 is 34.9 Å². The van der Waals surface area contributed by atoms with Crippen LogP contribution in [-0.2, 0) is 22.4 Å². The zero-order valence-electron chi connectivity index (χ0n) is 17.3. The number of fused-ring (bicyclic) bond motifs is 3. The van der Waals surface area contributed by atoms with E-state index in [-0.39, 0.29) is 40.7 Å². The number of primary amides is 1. The van der Waals surface area contributed by atoms with Gasteiger partial charge in [0.1, 0.15) is 22.8 Å². The van der Waals surface area contributed by atoms with E-state index >= 15 is 0 Å². The van der Waals surface area contributed by atoms with Crippen molar-refractivity contribution in [3.05, 3.63) is 51.5 Å². The van der Waals surface area contributed by atoms with Crippen LogP contribution in [0.1, 0.15) is 40.7 Å². The van der Waals surface area contributed by atoms with Crippen molar-refractivity contribution in [2.75, 3.05) is 13.6 Å². The fourth-order valence-electron chi connectivity index (χ4n) is 5.39. The first-order chi connectivity index (χ1) is 14.8. The summed E-state index contributed by atoms with van der Waals surface area (Å²) >= 11 is 0. The van der Waals surface area contributed by atoms with Crippen molar-refractivity contribution in [3.8, 4) is 5.75 Å². The summed E-state index contributed by atoms with van der Waals surface area (Å²) in [5.74, 6) is -5.01. The van der Waals surface area contributed by atoms with Crippen molar-refractivity contribution in [1.29, 1.82) is 0 Å². The van der Waals surface area contributed by atoms with Crippen LogP contribution in [0.2, 0.25) is 0 Å². The van der Waals surface area contributed by atoms with Gasteiger partial charge in [-0.05, 0) is 68.3 Å². The molecule has 8 nitrogen and oxygen atoms in total. The number of hydrogen-bond donors (Lipinski definition) is 5. The predicted octanol–water partition coefficient (Wildman–Crippen LogP) is 1.62. The second kappa shape index (κ2) is 7.85. The minimum atomic E-state index is -1.09. The Morgan fingerprint density at radius 3 is 2.61 bits per heavy atom. The van der Waals surface area contributed by atoms with E-state index in [4.69, 9.17) is 5.73 Å². The Hall–Kier alpha value is -3.13. The number of benzene rings is 1. The smallest absolute Gasteiger partial charge is 0.255 e. The summed E-state index contributed by atoms with van der Waals surface area (Å²) in [5, 5.41) is 34.7. The number of carbonyl (C=O) groups is 3. The van der Waals surface area contributed by atoms with Crippen molar-refractivity contribution in [2.45, 2.75) is 32.1 Å². The molecule has 31 heavy (non-hydrogen) atoms. The molecule has 0 bridgehead atoms. The first kappa shape index (κ1) is 21.1. The Labute approximate surface area is 179 Å². The Kier molecular flexibility index (Phi) is 5.35. The lowest BCUT2D eigenvalue weighted by atomic mass is 9.62. The molecule has 0 radical (unpaired) electrons. The van der Waals surface area contributed by atoms with Crippen LogP contribution < -0.4 is 11.1 Å². The van der Waals surface area contributed by atoms with Crippen LogP contribution in [0.15, 0.2) is 34.8 Å². The van der Waals surface area contributed by atoms with Crippen molar-refractivity contribution in [3.63, 3.8) is 0 Å². The molecule has 4 rings (SSSR count). The first-order valence-corrected chi connectivity index (χ1v) is 10.5. The van der Waals surface area contributed by atoms with E-state index in [1.165, 1.54) is 6.07 Å². The molecule has 6 N–H and O–H groups in total. The molecular weight excluding hydrogens is 400 g/mol. The first-order valence-electron chi connectivity index (χ1n) is 10.5. The van der Waals surface area contributed by atoms with Gasteiger partial charge in [-0.25, -0.2) is 0 Å². The van der Waals surface area contributed by atoms with Crippen LogP contribution in [0.5, 0.6) is 5.75 Å². The number of aliphatic hydroxyl groups is 2. The van der Waals surface area contributed by atoms with Crippen LogP contribution in [0.4, 0.5) is 0 Å². The van der Waals surface area contributed by atoms with E-state index in [9.17, 15) is 29.7 Å². The third-order valence-electron chi connectivity index (χ3n) is 6.74. The summed E-state index contributed by atoms with van der Waals surface area (Å²) in [6.45, 7) is 0.818. The van der Waals surface area contributed by atoms with Crippen LogP contribution in [0, 0.1) is 17.8 Å². The quantitative estimate of drug-likeness (QED) is 0.355. The lowest BCUT2D eigenvalue weighted by molar-refractivity contribution is -0.126. The molecule has 164 valence electrons. The molecule has 3 unspecified atom stereocenters. The van der Waals surface area contributed by atoms with Gasteiger partial charge in [-0.1, -0.05) is 6.07 Å². The minimum Gasteiger partial charge on any atom is -0.511 e. The zero-order valence-corrected chi connectivity index (χ0v) is 17.3. The van der Waals surface area contributed by atoms with Crippen LogP contribution in [-0.4, -0.2) is 46.4 Å². The molecule has 3 aliphatic rings. The number of aromatic hydroxyl groups is 1. The number of hydrogen-bond acceptors (Lipinski definition) is 7. The minimum absolute atomic E-state index is 0.0403. The highest BCUT2D eigenvalue weighted by Crippen LogP contribution is 2.49. The number of nitrogens with two attached hydrogens (primary N) is 1.